The molecule has 1 aliphatic rings. The van der Waals surface area contributed by atoms with E-state index in [0.29, 0.717) is 40.9 Å². The Morgan fingerprint density at radius 3 is 2.73 bits per heavy atom. The number of benzene rings is 1. The molecule has 1 aliphatic heterocycles. The number of halogens is 1. The van der Waals surface area contributed by atoms with Crippen molar-refractivity contribution in [3.05, 3.63) is 69.5 Å². The van der Waals surface area contributed by atoms with Crippen LogP contribution in [0.15, 0.2) is 47.5 Å². The van der Waals surface area contributed by atoms with Gasteiger partial charge in [-0.1, -0.05) is 53.7 Å². The van der Waals surface area contributed by atoms with E-state index in [1.54, 1.807) is 10.8 Å². The van der Waals surface area contributed by atoms with E-state index in [0.717, 1.165) is 5.56 Å². The predicted octanol–water partition coefficient (Wildman–Crippen LogP) is 3.43. The summed E-state index contributed by atoms with van der Waals surface area (Å²) in [6, 6.07) is 9.82. The number of aromatic nitrogens is 2. The molecule has 8 nitrogen and oxygen atoms in total. The van der Waals surface area contributed by atoms with Crippen molar-refractivity contribution in [3.8, 4) is 0 Å². The molecule has 1 fully saturated rings. The lowest BCUT2D eigenvalue weighted by molar-refractivity contribution is -0.138. The van der Waals surface area contributed by atoms with Gasteiger partial charge in [-0.25, -0.2) is 14.3 Å². The number of hydrogen-bond donors (Lipinski definition) is 0. The summed E-state index contributed by atoms with van der Waals surface area (Å²) in [6.45, 7) is 2.81. The molecule has 0 radical (unpaired) electrons. The Balaban J connectivity index is 1.50. The first kappa shape index (κ1) is 24.6. The van der Waals surface area contributed by atoms with Crippen LogP contribution in [0.1, 0.15) is 23.2 Å². The maximum absolute atomic E-state index is 12.1. The van der Waals surface area contributed by atoms with E-state index >= 15 is 0 Å². The van der Waals surface area contributed by atoms with Crippen LogP contribution in [0.3, 0.4) is 0 Å². The van der Waals surface area contributed by atoms with Gasteiger partial charge < -0.3 is 14.4 Å². The van der Waals surface area contributed by atoms with Gasteiger partial charge >= 0.3 is 11.9 Å². The number of amides is 1. The molecule has 1 aromatic carbocycles. The van der Waals surface area contributed by atoms with Gasteiger partial charge in [0, 0.05) is 18.2 Å². The molecule has 174 valence electrons. The Hall–Kier alpha value is -3.04. The van der Waals surface area contributed by atoms with Crippen LogP contribution in [0, 0.1) is 6.92 Å². The molecule has 10 heteroatoms. The van der Waals surface area contributed by atoms with Crippen LogP contribution >= 0.6 is 23.4 Å². The third-order valence-corrected chi connectivity index (χ3v) is 6.22. The standard InChI is InChI=1S/C23H24ClN3O5S/c1-16-18(23(24)27(25-16)14-17-7-4-3-5-8-17)9-10-21(29)32-12-6-11-26-19(28)15-33-20(26)13-22(30)31-2/h3-5,7-10,13H,6,11-12,14-15H2,1-2H3/b10-9+,20-13+. The molecule has 1 saturated heterocycles. The predicted molar refractivity (Wildman–Crippen MR) is 126 cm³/mol. The first-order chi connectivity index (χ1) is 15.9. The van der Waals surface area contributed by atoms with Crippen LogP contribution in [0.2, 0.25) is 5.15 Å². The fraction of sp³-hybridized carbons (Fsp3) is 0.304. The molecule has 0 bridgehead atoms. The van der Waals surface area contributed by atoms with Crippen molar-refractivity contribution in [2.45, 2.75) is 19.9 Å². The van der Waals surface area contributed by atoms with Gasteiger partial charge in [0.05, 0.1) is 42.8 Å². The number of aryl methyl sites for hydroxylation is 1. The molecule has 1 aromatic heterocycles. The highest BCUT2D eigenvalue weighted by atomic mass is 35.5. The zero-order chi connectivity index (χ0) is 23.8. The van der Waals surface area contributed by atoms with Gasteiger partial charge in [0.1, 0.15) is 5.15 Å². The lowest BCUT2D eigenvalue weighted by Gasteiger charge is -2.16. The maximum atomic E-state index is 12.1. The molecule has 3 rings (SSSR count). The maximum Gasteiger partial charge on any atom is 0.333 e. The molecular weight excluding hydrogens is 466 g/mol. The van der Waals surface area contributed by atoms with Gasteiger partial charge in [0.15, 0.2) is 0 Å². The number of carbonyl (C=O) groups is 3. The number of nitrogens with zero attached hydrogens (tertiary/aromatic N) is 3. The summed E-state index contributed by atoms with van der Waals surface area (Å²) < 4.78 is 11.5. The summed E-state index contributed by atoms with van der Waals surface area (Å²) in [4.78, 5) is 37.0. The Morgan fingerprint density at radius 2 is 2.00 bits per heavy atom. The highest BCUT2D eigenvalue weighted by molar-refractivity contribution is 8.04. The van der Waals surface area contributed by atoms with Gasteiger partial charge in [-0.3, -0.25) is 4.79 Å². The third kappa shape index (κ3) is 6.72. The van der Waals surface area contributed by atoms with E-state index in [1.807, 2.05) is 37.3 Å². The first-order valence-electron chi connectivity index (χ1n) is 10.2. The van der Waals surface area contributed by atoms with Crippen LogP contribution in [0.5, 0.6) is 0 Å². The van der Waals surface area contributed by atoms with Crippen molar-refractivity contribution in [1.29, 1.82) is 0 Å². The fourth-order valence-corrected chi connectivity index (χ4v) is 4.39. The monoisotopic (exact) mass is 489 g/mol. The smallest absolute Gasteiger partial charge is 0.333 e. The molecule has 0 N–H and O–H groups in total. The van der Waals surface area contributed by atoms with Crippen LogP contribution in [-0.4, -0.2) is 58.5 Å². The second kappa shape index (κ2) is 11.7. The summed E-state index contributed by atoms with van der Waals surface area (Å²) in [7, 11) is 1.28. The fourth-order valence-electron chi connectivity index (χ4n) is 3.14. The molecule has 2 heterocycles. The topological polar surface area (TPSA) is 90.7 Å². The van der Waals surface area contributed by atoms with E-state index < -0.39 is 11.9 Å². The minimum atomic E-state index is -0.520. The number of rotatable bonds is 9. The molecule has 0 spiro atoms. The molecule has 0 unspecified atom stereocenters. The van der Waals surface area contributed by atoms with Crippen molar-refractivity contribution in [1.82, 2.24) is 14.7 Å². The molecule has 2 aromatic rings. The number of carbonyl (C=O) groups excluding carboxylic acids is 3. The largest absolute Gasteiger partial charge is 0.466 e. The summed E-state index contributed by atoms with van der Waals surface area (Å²) in [5, 5.41) is 5.43. The minimum absolute atomic E-state index is 0.0981. The van der Waals surface area contributed by atoms with Crippen molar-refractivity contribution < 1.29 is 23.9 Å². The number of thioether (sulfide) groups is 1. The second-order valence-corrected chi connectivity index (χ2v) is 8.48. The highest BCUT2D eigenvalue weighted by Crippen LogP contribution is 2.28. The normalized spacial score (nSPS) is 14.9. The molecular formula is C23H24ClN3O5S. The van der Waals surface area contributed by atoms with Crippen molar-refractivity contribution >= 4 is 47.3 Å². The zero-order valence-electron chi connectivity index (χ0n) is 18.3. The summed E-state index contributed by atoms with van der Waals surface area (Å²) in [5.41, 5.74) is 2.42. The first-order valence-corrected chi connectivity index (χ1v) is 11.6. The van der Waals surface area contributed by atoms with Crippen LogP contribution in [-0.2, 0) is 30.4 Å². The second-order valence-electron chi connectivity index (χ2n) is 7.13. The van der Waals surface area contributed by atoms with Gasteiger partial charge in [-0.15, -0.1) is 0 Å². The number of hydrogen-bond acceptors (Lipinski definition) is 7. The van der Waals surface area contributed by atoms with Crippen LogP contribution in [0.25, 0.3) is 6.08 Å². The third-order valence-electron chi connectivity index (χ3n) is 4.79. The van der Waals surface area contributed by atoms with Crippen LogP contribution in [0.4, 0.5) is 0 Å². The van der Waals surface area contributed by atoms with Crippen molar-refractivity contribution in [3.63, 3.8) is 0 Å². The average molecular weight is 490 g/mol. The van der Waals surface area contributed by atoms with E-state index in [2.05, 4.69) is 9.84 Å². The van der Waals surface area contributed by atoms with E-state index in [1.165, 1.54) is 35.9 Å². The molecule has 0 aliphatic carbocycles. The summed E-state index contributed by atoms with van der Waals surface area (Å²) >= 11 is 7.73. The summed E-state index contributed by atoms with van der Waals surface area (Å²) in [5.74, 6) is -0.869. The highest BCUT2D eigenvalue weighted by Gasteiger charge is 2.27. The van der Waals surface area contributed by atoms with Gasteiger partial charge in [-0.05, 0) is 25.0 Å². The van der Waals surface area contributed by atoms with Gasteiger partial charge in [0.2, 0.25) is 5.91 Å². The van der Waals surface area contributed by atoms with E-state index in [-0.39, 0.29) is 18.3 Å². The number of ether oxygens (including phenoxy) is 2. The minimum Gasteiger partial charge on any atom is -0.466 e. The lowest BCUT2D eigenvalue weighted by Crippen LogP contribution is -2.27. The number of esters is 2. The van der Waals surface area contributed by atoms with E-state index in [4.69, 9.17) is 16.3 Å². The Kier molecular flexibility index (Phi) is 8.73. The molecule has 1 amide bonds. The van der Waals surface area contributed by atoms with E-state index in [9.17, 15) is 14.4 Å². The van der Waals surface area contributed by atoms with Gasteiger partial charge in [0.25, 0.3) is 0 Å². The zero-order valence-corrected chi connectivity index (χ0v) is 19.9. The van der Waals surface area contributed by atoms with Crippen molar-refractivity contribution in [2.75, 3.05) is 26.0 Å². The summed E-state index contributed by atoms with van der Waals surface area (Å²) in [6.07, 6.45) is 4.61. The Bertz CT molecular complexity index is 1080. The molecule has 0 atom stereocenters. The van der Waals surface area contributed by atoms with Crippen LogP contribution < -0.4 is 0 Å². The average Bonchev–Trinajstić information content (AvgIpc) is 3.28. The van der Waals surface area contributed by atoms with Crippen molar-refractivity contribution in [2.24, 2.45) is 0 Å². The van der Waals surface area contributed by atoms with Gasteiger partial charge in [-0.2, -0.15) is 5.10 Å². The Labute approximate surface area is 201 Å². The SMILES string of the molecule is COC(=O)/C=C1/SCC(=O)N1CCCOC(=O)/C=C/c1c(C)nn(Cc2ccccc2)c1Cl. The quantitative estimate of drug-likeness (QED) is 0.303. The molecule has 0 saturated carbocycles. The number of methoxy groups -OCH3 is 1. The Morgan fingerprint density at radius 1 is 1.24 bits per heavy atom. The lowest BCUT2D eigenvalue weighted by atomic mass is 10.2. The molecule has 33 heavy (non-hydrogen) atoms.